The van der Waals surface area contributed by atoms with Gasteiger partial charge in [-0.05, 0) is 50.3 Å². The molecular formula is C18H24N4O. The molecule has 2 aliphatic rings. The molecule has 1 atom stereocenters. The Morgan fingerprint density at radius 1 is 1.26 bits per heavy atom. The maximum absolute atomic E-state index is 12.6. The van der Waals surface area contributed by atoms with E-state index in [0.717, 1.165) is 49.1 Å². The number of urea groups is 1. The summed E-state index contributed by atoms with van der Waals surface area (Å²) in [5, 5.41) is 3.21. The predicted molar refractivity (Wildman–Crippen MR) is 90.3 cm³/mol. The molecule has 0 spiro atoms. The summed E-state index contributed by atoms with van der Waals surface area (Å²) >= 11 is 0. The summed E-state index contributed by atoms with van der Waals surface area (Å²) in [6.45, 7) is 2.90. The van der Waals surface area contributed by atoms with Gasteiger partial charge >= 0.3 is 6.03 Å². The third-order valence-corrected chi connectivity index (χ3v) is 5.17. The van der Waals surface area contributed by atoms with Crippen LogP contribution < -0.4 is 5.32 Å². The summed E-state index contributed by atoms with van der Waals surface area (Å²) < 4.78 is 0. The van der Waals surface area contributed by atoms with Crippen molar-refractivity contribution in [3.05, 3.63) is 29.6 Å². The van der Waals surface area contributed by atoms with Crippen molar-refractivity contribution in [2.45, 2.75) is 57.5 Å². The van der Waals surface area contributed by atoms with Gasteiger partial charge in [0.2, 0.25) is 0 Å². The van der Waals surface area contributed by atoms with Crippen molar-refractivity contribution in [1.82, 2.24) is 20.2 Å². The Bertz CT molecular complexity index is 717. The van der Waals surface area contributed by atoms with Gasteiger partial charge in [0, 0.05) is 12.6 Å². The molecule has 1 aromatic carbocycles. The maximum atomic E-state index is 12.6. The third kappa shape index (κ3) is 2.80. The lowest BCUT2D eigenvalue weighted by Crippen LogP contribution is -2.43. The standard InChI is InChI=1S/C18H24N4O/c1-12-8-9-14-15(11-12)21-17(20-14)16-7-4-10-22(16)18(23)19-13-5-2-3-6-13/h8-9,11,13,16H,2-7,10H2,1H3,(H,19,23)(H,20,21)/t16-/m1/s1. The fourth-order valence-corrected chi connectivity index (χ4v) is 3.92. The smallest absolute Gasteiger partial charge is 0.318 e. The second kappa shape index (κ2) is 5.87. The van der Waals surface area contributed by atoms with E-state index in [-0.39, 0.29) is 12.1 Å². The number of likely N-dealkylation sites (tertiary alicyclic amines) is 1. The topological polar surface area (TPSA) is 61.0 Å². The summed E-state index contributed by atoms with van der Waals surface area (Å²) in [6, 6.07) is 6.75. The number of hydrogen-bond donors (Lipinski definition) is 2. The van der Waals surface area contributed by atoms with Gasteiger partial charge in [0.25, 0.3) is 0 Å². The monoisotopic (exact) mass is 312 g/mol. The van der Waals surface area contributed by atoms with E-state index < -0.39 is 0 Å². The highest BCUT2D eigenvalue weighted by Crippen LogP contribution is 2.32. The maximum Gasteiger partial charge on any atom is 0.318 e. The van der Waals surface area contributed by atoms with Gasteiger partial charge in [-0.3, -0.25) is 0 Å². The van der Waals surface area contributed by atoms with Crippen LogP contribution in [0.3, 0.4) is 0 Å². The van der Waals surface area contributed by atoms with Gasteiger partial charge in [0.1, 0.15) is 5.82 Å². The van der Waals surface area contributed by atoms with E-state index in [0.29, 0.717) is 6.04 Å². The minimum absolute atomic E-state index is 0.0732. The Kier molecular flexibility index (Phi) is 3.71. The highest BCUT2D eigenvalue weighted by molar-refractivity contribution is 5.77. The fraction of sp³-hybridized carbons (Fsp3) is 0.556. The number of fused-ring (bicyclic) bond motifs is 1. The molecule has 0 radical (unpaired) electrons. The van der Waals surface area contributed by atoms with Gasteiger partial charge < -0.3 is 15.2 Å². The summed E-state index contributed by atoms with van der Waals surface area (Å²) in [7, 11) is 0. The van der Waals surface area contributed by atoms with Crippen LogP contribution in [-0.2, 0) is 0 Å². The highest BCUT2D eigenvalue weighted by atomic mass is 16.2. The molecule has 0 bridgehead atoms. The van der Waals surface area contributed by atoms with Gasteiger partial charge in [0.15, 0.2) is 0 Å². The average molecular weight is 312 g/mol. The second-order valence-electron chi connectivity index (χ2n) is 6.92. The van der Waals surface area contributed by atoms with Crippen LogP contribution in [0.4, 0.5) is 4.79 Å². The van der Waals surface area contributed by atoms with E-state index in [1.165, 1.54) is 18.4 Å². The molecule has 23 heavy (non-hydrogen) atoms. The molecule has 1 aliphatic carbocycles. The minimum atomic E-state index is 0.0732. The minimum Gasteiger partial charge on any atom is -0.340 e. The van der Waals surface area contributed by atoms with Crippen molar-refractivity contribution >= 4 is 17.1 Å². The van der Waals surface area contributed by atoms with Crippen LogP contribution in [0.25, 0.3) is 11.0 Å². The lowest BCUT2D eigenvalue weighted by atomic mass is 10.2. The number of rotatable bonds is 2. The Balaban J connectivity index is 1.54. The zero-order valence-electron chi connectivity index (χ0n) is 13.6. The second-order valence-corrected chi connectivity index (χ2v) is 6.92. The average Bonchev–Trinajstić information content (AvgIpc) is 3.26. The lowest BCUT2D eigenvalue weighted by Gasteiger charge is -2.25. The van der Waals surface area contributed by atoms with Crippen LogP contribution in [0.1, 0.15) is 56.0 Å². The summed E-state index contributed by atoms with van der Waals surface area (Å²) in [5.41, 5.74) is 3.26. The van der Waals surface area contributed by atoms with Crippen molar-refractivity contribution in [2.75, 3.05) is 6.54 Å². The van der Waals surface area contributed by atoms with E-state index in [4.69, 9.17) is 4.98 Å². The first-order chi connectivity index (χ1) is 11.2. The number of imidazole rings is 1. The molecule has 2 heterocycles. The largest absolute Gasteiger partial charge is 0.340 e. The molecule has 2 amide bonds. The quantitative estimate of drug-likeness (QED) is 0.889. The molecule has 2 N–H and O–H groups in total. The Morgan fingerprint density at radius 2 is 2.09 bits per heavy atom. The van der Waals surface area contributed by atoms with E-state index in [9.17, 15) is 4.79 Å². The first kappa shape index (κ1) is 14.5. The molecule has 1 aromatic heterocycles. The Labute approximate surface area is 136 Å². The Hall–Kier alpha value is -2.04. The van der Waals surface area contributed by atoms with Gasteiger partial charge in [0.05, 0.1) is 17.1 Å². The molecule has 4 rings (SSSR count). The first-order valence-electron chi connectivity index (χ1n) is 8.74. The van der Waals surface area contributed by atoms with Gasteiger partial charge in [-0.2, -0.15) is 0 Å². The van der Waals surface area contributed by atoms with Crippen LogP contribution in [0, 0.1) is 6.92 Å². The van der Waals surface area contributed by atoms with Crippen LogP contribution >= 0.6 is 0 Å². The van der Waals surface area contributed by atoms with Gasteiger partial charge in [-0.1, -0.05) is 18.9 Å². The molecule has 5 heteroatoms. The van der Waals surface area contributed by atoms with Crippen molar-refractivity contribution in [1.29, 1.82) is 0 Å². The summed E-state index contributed by atoms with van der Waals surface area (Å²) in [6.07, 6.45) is 6.73. The zero-order valence-corrected chi connectivity index (χ0v) is 13.6. The van der Waals surface area contributed by atoms with Crippen molar-refractivity contribution in [3.63, 3.8) is 0 Å². The molecule has 5 nitrogen and oxygen atoms in total. The number of aromatic nitrogens is 2. The van der Waals surface area contributed by atoms with Crippen LogP contribution in [0.5, 0.6) is 0 Å². The molecule has 1 saturated heterocycles. The van der Waals surface area contributed by atoms with E-state index in [2.05, 4.69) is 29.4 Å². The molecule has 0 unspecified atom stereocenters. The van der Waals surface area contributed by atoms with E-state index in [1.807, 2.05) is 11.0 Å². The fourth-order valence-electron chi connectivity index (χ4n) is 3.92. The molecular weight excluding hydrogens is 288 g/mol. The van der Waals surface area contributed by atoms with Crippen molar-refractivity contribution in [3.8, 4) is 0 Å². The first-order valence-corrected chi connectivity index (χ1v) is 8.74. The van der Waals surface area contributed by atoms with E-state index >= 15 is 0 Å². The normalized spacial score (nSPS) is 22.1. The van der Waals surface area contributed by atoms with Gasteiger partial charge in [-0.25, -0.2) is 9.78 Å². The number of carbonyl (C=O) groups is 1. The third-order valence-electron chi connectivity index (χ3n) is 5.17. The number of benzene rings is 1. The number of nitrogens with zero attached hydrogens (tertiary/aromatic N) is 2. The number of carbonyl (C=O) groups excluding carboxylic acids is 1. The molecule has 1 aliphatic heterocycles. The van der Waals surface area contributed by atoms with E-state index in [1.54, 1.807) is 0 Å². The number of H-pyrrole nitrogens is 1. The zero-order chi connectivity index (χ0) is 15.8. The van der Waals surface area contributed by atoms with Crippen molar-refractivity contribution in [2.24, 2.45) is 0 Å². The number of amides is 2. The van der Waals surface area contributed by atoms with Crippen LogP contribution in [-0.4, -0.2) is 33.5 Å². The van der Waals surface area contributed by atoms with Crippen LogP contribution in [0.15, 0.2) is 18.2 Å². The molecule has 122 valence electrons. The Morgan fingerprint density at radius 3 is 2.91 bits per heavy atom. The number of nitrogens with one attached hydrogen (secondary N) is 2. The lowest BCUT2D eigenvalue weighted by molar-refractivity contribution is 0.187. The van der Waals surface area contributed by atoms with Crippen LogP contribution in [0.2, 0.25) is 0 Å². The number of aromatic amines is 1. The SMILES string of the molecule is Cc1ccc2nc([C@H]3CCCN3C(=O)NC3CCCC3)[nH]c2c1. The number of aryl methyl sites for hydroxylation is 1. The molecule has 1 saturated carbocycles. The summed E-state index contributed by atoms with van der Waals surface area (Å²) in [5.74, 6) is 0.921. The predicted octanol–water partition coefficient (Wildman–Crippen LogP) is 3.66. The summed E-state index contributed by atoms with van der Waals surface area (Å²) in [4.78, 5) is 22.7. The molecule has 2 aromatic rings. The highest BCUT2D eigenvalue weighted by Gasteiger charge is 2.33. The molecule has 2 fully saturated rings. The van der Waals surface area contributed by atoms with Crippen molar-refractivity contribution < 1.29 is 4.79 Å². The number of hydrogen-bond acceptors (Lipinski definition) is 2. The van der Waals surface area contributed by atoms with Gasteiger partial charge in [-0.15, -0.1) is 0 Å².